The highest BCUT2D eigenvalue weighted by molar-refractivity contribution is 5.72. The summed E-state index contributed by atoms with van der Waals surface area (Å²) in [7, 11) is 0. The van der Waals surface area contributed by atoms with Crippen molar-refractivity contribution < 1.29 is 19.3 Å². The van der Waals surface area contributed by atoms with Crippen LogP contribution in [0.15, 0.2) is 24.3 Å². The largest absolute Gasteiger partial charge is 0.380 e. The Labute approximate surface area is 92.4 Å². The highest BCUT2D eigenvalue weighted by Gasteiger charge is 1.98. The molecule has 1 rings (SSSR count). The van der Waals surface area contributed by atoms with E-state index in [2.05, 4.69) is 11.0 Å². The van der Waals surface area contributed by atoms with E-state index in [4.69, 9.17) is 9.68 Å². The second-order valence-electron chi connectivity index (χ2n) is 2.99. The number of carbonyl (C=O) groups excluding carboxylic acids is 2. The van der Waals surface area contributed by atoms with Gasteiger partial charge in [0.2, 0.25) is 11.8 Å². The second-order valence-corrected chi connectivity index (χ2v) is 2.99. The van der Waals surface area contributed by atoms with Gasteiger partial charge in [-0.2, -0.15) is 11.0 Å². The summed E-state index contributed by atoms with van der Waals surface area (Å²) in [6.07, 6.45) is 0. The van der Waals surface area contributed by atoms with Crippen molar-refractivity contribution in [1.29, 1.82) is 0 Å². The molecule has 86 valence electrons. The van der Waals surface area contributed by atoms with E-state index < -0.39 is 0 Å². The van der Waals surface area contributed by atoms with Crippen LogP contribution in [-0.4, -0.2) is 11.8 Å². The predicted octanol–water partition coefficient (Wildman–Crippen LogP) is 0.546. The van der Waals surface area contributed by atoms with Gasteiger partial charge in [-0.05, 0) is 24.3 Å². The molecule has 2 N–H and O–H groups in total. The first-order valence-corrected chi connectivity index (χ1v) is 4.55. The zero-order valence-electron chi connectivity index (χ0n) is 8.94. The minimum Gasteiger partial charge on any atom is -0.380 e. The minimum atomic E-state index is -0.293. The number of benzene rings is 1. The average molecular weight is 224 g/mol. The molecule has 0 fully saturated rings. The van der Waals surface area contributed by atoms with Crippen molar-refractivity contribution in [3.05, 3.63) is 24.3 Å². The highest BCUT2D eigenvalue weighted by atomic mass is 16.7. The van der Waals surface area contributed by atoms with Crippen molar-refractivity contribution in [3.63, 3.8) is 0 Å². The zero-order valence-corrected chi connectivity index (χ0v) is 8.94. The van der Waals surface area contributed by atoms with Gasteiger partial charge in [0.05, 0.1) is 0 Å². The van der Waals surface area contributed by atoms with Crippen molar-refractivity contribution in [3.8, 4) is 11.5 Å². The Morgan fingerprint density at radius 2 is 1.19 bits per heavy atom. The number of hydrogen-bond acceptors (Lipinski definition) is 4. The fourth-order valence-corrected chi connectivity index (χ4v) is 0.837. The Kier molecular flexibility index (Phi) is 4.14. The molecule has 0 saturated carbocycles. The topological polar surface area (TPSA) is 76.7 Å². The van der Waals surface area contributed by atoms with Crippen LogP contribution in [0.25, 0.3) is 0 Å². The molecule has 0 radical (unpaired) electrons. The van der Waals surface area contributed by atoms with Gasteiger partial charge in [0.1, 0.15) is 0 Å². The van der Waals surface area contributed by atoms with E-state index in [1.807, 2.05) is 0 Å². The standard InChI is InChI=1S/C10H12N2O4/c1-7(13)11-15-9-3-5-10(6-4-9)16-12-8(2)14/h3-6H,1-2H3,(H,11,13)(H,12,14). The Bertz CT molecular complexity index is 338. The molecule has 6 nitrogen and oxygen atoms in total. The van der Waals surface area contributed by atoms with Gasteiger partial charge < -0.3 is 9.68 Å². The highest BCUT2D eigenvalue weighted by Crippen LogP contribution is 2.16. The first kappa shape index (κ1) is 11.8. The van der Waals surface area contributed by atoms with E-state index in [0.29, 0.717) is 11.5 Å². The lowest BCUT2D eigenvalue weighted by Crippen LogP contribution is -2.24. The van der Waals surface area contributed by atoms with Crippen molar-refractivity contribution >= 4 is 11.8 Å². The normalized spacial score (nSPS) is 9.12. The summed E-state index contributed by atoms with van der Waals surface area (Å²) in [5, 5.41) is 0. The van der Waals surface area contributed by atoms with E-state index in [9.17, 15) is 9.59 Å². The molecule has 6 heteroatoms. The maximum atomic E-state index is 10.6. The average Bonchev–Trinajstić information content (AvgIpc) is 2.25. The molecule has 16 heavy (non-hydrogen) atoms. The zero-order chi connectivity index (χ0) is 12.0. The van der Waals surface area contributed by atoms with Crippen LogP contribution in [0, 0.1) is 0 Å². The fraction of sp³-hybridized carbons (Fsp3) is 0.200. The number of hydroxylamine groups is 2. The molecule has 0 bridgehead atoms. The summed E-state index contributed by atoms with van der Waals surface area (Å²) in [5.74, 6) is 0.341. The molecule has 0 unspecified atom stereocenters. The summed E-state index contributed by atoms with van der Waals surface area (Å²) in [6, 6.07) is 6.36. The monoisotopic (exact) mass is 224 g/mol. The lowest BCUT2D eigenvalue weighted by molar-refractivity contribution is -0.126. The predicted molar refractivity (Wildman–Crippen MR) is 55.3 cm³/mol. The van der Waals surface area contributed by atoms with Crippen molar-refractivity contribution in [1.82, 2.24) is 11.0 Å². The van der Waals surface area contributed by atoms with Crippen molar-refractivity contribution in [2.24, 2.45) is 0 Å². The third-order valence-corrected chi connectivity index (χ3v) is 1.45. The number of amides is 2. The van der Waals surface area contributed by atoms with Crippen LogP contribution < -0.4 is 20.6 Å². The first-order valence-electron chi connectivity index (χ1n) is 4.55. The minimum absolute atomic E-state index is 0.293. The van der Waals surface area contributed by atoms with E-state index in [-0.39, 0.29) is 11.8 Å². The Morgan fingerprint density at radius 1 is 0.875 bits per heavy atom. The van der Waals surface area contributed by atoms with Crippen LogP contribution in [0.5, 0.6) is 11.5 Å². The van der Waals surface area contributed by atoms with Gasteiger partial charge in [-0.25, -0.2) is 0 Å². The van der Waals surface area contributed by atoms with Crippen LogP contribution in [-0.2, 0) is 9.59 Å². The number of hydrogen-bond donors (Lipinski definition) is 2. The molecule has 0 spiro atoms. The molecule has 0 saturated heterocycles. The molecule has 2 amide bonds. The number of rotatable bonds is 4. The quantitative estimate of drug-likeness (QED) is 0.732. The van der Waals surface area contributed by atoms with Gasteiger partial charge >= 0.3 is 0 Å². The van der Waals surface area contributed by atoms with E-state index in [0.717, 1.165) is 0 Å². The van der Waals surface area contributed by atoms with Gasteiger partial charge in [-0.3, -0.25) is 9.59 Å². The van der Waals surface area contributed by atoms with Gasteiger partial charge in [0.25, 0.3) is 0 Å². The maximum absolute atomic E-state index is 10.6. The maximum Gasteiger partial charge on any atom is 0.249 e. The Hall–Kier alpha value is -2.24. The first-order chi connectivity index (χ1) is 7.58. The molecular formula is C10H12N2O4. The fourth-order valence-electron chi connectivity index (χ4n) is 0.837. The Morgan fingerprint density at radius 3 is 1.44 bits per heavy atom. The van der Waals surface area contributed by atoms with Crippen molar-refractivity contribution in [2.45, 2.75) is 13.8 Å². The van der Waals surface area contributed by atoms with Crippen LogP contribution in [0.2, 0.25) is 0 Å². The molecule has 0 aromatic heterocycles. The molecule has 0 atom stereocenters. The summed E-state index contributed by atoms with van der Waals surface area (Å²) < 4.78 is 0. The lowest BCUT2D eigenvalue weighted by atomic mass is 10.3. The van der Waals surface area contributed by atoms with Crippen LogP contribution in [0.1, 0.15) is 13.8 Å². The van der Waals surface area contributed by atoms with Crippen LogP contribution in [0.3, 0.4) is 0 Å². The second kappa shape index (κ2) is 5.59. The van der Waals surface area contributed by atoms with E-state index in [1.165, 1.54) is 13.8 Å². The summed E-state index contributed by atoms with van der Waals surface area (Å²) >= 11 is 0. The number of nitrogens with one attached hydrogen (secondary N) is 2. The Balaban J connectivity index is 2.47. The molecule has 0 aliphatic heterocycles. The van der Waals surface area contributed by atoms with Crippen LogP contribution in [0.4, 0.5) is 0 Å². The molecule has 0 aliphatic carbocycles. The molecule has 0 aliphatic rings. The number of carbonyl (C=O) groups is 2. The van der Waals surface area contributed by atoms with Crippen LogP contribution >= 0.6 is 0 Å². The third kappa shape index (κ3) is 4.32. The molecule has 1 aromatic rings. The van der Waals surface area contributed by atoms with Gasteiger partial charge in [-0.15, -0.1) is 0 Å². The van der Waals surface area contributed by atoms with E-state index in [1.54, 1.807) is 24.3 Å². The SMILES string of the molecule is CC(=O)NOc1ccc(ONC(C)=O)cc1. The van der Waals surface area contributed by atoms with Gasteiger partial charge in [-0.1, -0.05) is 0 Å². The summed E-state index contributed by atoms with van der Waals surface area (Å²) in [5.41, 5.74) is 4.36. The van der Waals surface area contributed by atoms with Gasteiger partial charge in [0.15, 0.2) is 11.5 Å². The third-order valence-electron chi connectivity index (χ3n) is 1.45. The van der Waals surface area contributed by atoms with Gasteiger partial charge in [0, 0.05) is 13.8 Å². The lowest BCUT2D eigenvalue weighted by Gasteiger charge is -2.06. The summed E-state index contributed by atoms with van der Waals surface area (Å²) in [6.45, 7) is 2.68. The molecule has 1 aromatic carbocycles. The van der Waals surface area contributed by atoms with Crippen molar-refractivity contribution in [2.75, 3.05) is 0 Å². The summed E-state index contributed by atoms with van der Waals surface area (Å²) in [4.78, 5) is 30.9. The molecular weight excluding hydrogens is 212 g/mol. The van der Waals surface area contributed by atoms with E-state index >= 15 is 0 Å². The molecule has 0 heterocycles. The smallest absolute Gasteiger partial charge is 0.249 e.